The van der Waals surface area contributed by atoms with Crippen molar-refractivity contribution in [3.8, 4) is 0 Å². The number of nitrogens with zero attached hydrogens (tertiary/aromatic N) is 1. The highest BCUT2D eigenvalue weighted by Crippen LogP contribution is 2.18. The lowest BCUT2D eigenvalue weighted by molar-refractivity contribution is 0.249. The van der Waals surface area contributed by atoms with Gasteiger partial charge in [-0.25, -0.2) is 4.79 Å². The van der Waals surface area contributed by atoms with Crippen molar-refractivity contribution in [1.29, 1.82) is 0 Å². The first-order valence-corrected chi connectivity index (χ1v) is 8.37. The van der Waals surface area contributed by atoms with Crippen molar-refractivity contribution in [3.63, 3.8) is 0 Å². The van der Waals surface area contributed by atoms with Gasteiger partial charge in [0.2, 0.25) is 0 Å². The maximum absolute atomic E-state index is 12.6. The molecule has 0 aromatic heterocycles. The van der Waals surface area contributed by atoms with E-state index in [2.05, 4.69) is 12.2 Å². The van der Waals surface area contributed by atoms with Crippen LogP contribution < -0.4 is 10.2 Å². The highest BCUT2D eigenvalue weighted by atomic mass is 32.1. The Morgan fingerprint density at radius 1 is 1.00 bits per heavy atom. The summed E-state index contributed by atoms with van der Waals surface area (Å²) in [6.07, 6.45) is 3.21. The molecule has 1 N–H and O–H groups in total. The SMILES string of the molecule is CCCCCNC(=O)N(C(=S)c1ccccc1)c1ccccc1. The van der Waals surface area contributed by atoms with Crippen LogP contribution in [0.3, 0.4) is 0 Å². The first-order valence-electron chi connectivity index (χ1n) is 7.96. The molecule has 0 atom stereocenters. The van der Waals surface area contributed by atoms with Crippen LogP contribution in [0.2, 0.25) is 0 Å². The second-order valence-corrected chi connectivity index (χ2v) is 5.67. The molecule has 0 aliphatic rings. The van der Waals surface area contributed by atoms with E-state index in [0.29, 0.717) is 11.5 Å². The summed E-state index contributed by atoms with van der Waals surface area (Å²) in [5.74, 6) is 0. The predicted molar refractivity (Wildman–Crippen MR) is 100.0 cm³/mol. The quantitative estimate of drug-likeness (QED) is 0.612. The summed E-state index contributed by atoms with van der Waals surface area (Å²) in [6, 6.07) is 18.9. The number of carbonyl (C=O) groups is 1. The first kappa shape index (κ1) is 17.2. The van der Waals surface area contributed by atoms with Crippen LogP contribution in [-0.4, -0.2) is 17.6 Å². The molecule has 23 heavy (non-hydrogen) atoms. The van der Waals surface area contributed by atoms with Gasteiger partial charge < -0.3 is 5.32 Å². The molecule has 0 saturated carbocycles. The fourth-order valence-corrected chi connectivity index (χ4v) is 2.59. The number of nitrogens with one attached hydrogen (secondary N) is 1. The van der Waals surface area contributed by atoms with Gasteiger partial charge in [-0.15, -0.1) is 0 Å². The van der Waals surface area contributed by atoms with Gasteiger partial charge in [0.15, 0.2) is 0 Å². The van der Waals surface area contributed by atoms with E-state index in [-0.39, 0.29) is 6.03 Å². The van der Waals surface area contributed by atoms with E-state index in [1.165, 1.54) is 0 Å². The third-order valence-electron chi connectivity index (χ3n) is 3.50. The van der Waals surface area contributed by atoms with Crippen LogP contribution in [0.1, 0.15) is 31.7 Å². The summed E-state index contributed by atoms with van der Waals surface area (Å²) in [7, 11) is 0. The highest BCUT2D eigenvalue weighted by Gasteiger charge is 2.20. The Labute approximate surface area is 143 Å². The first-order chi connectivity index (χ1) is 11.2. The Bertz CT molecular complexity index is 628. The summed E-state index contributed by atoms with van der Waals surface area (Å²) < 4.78 is 0. The Morgan fingerprint density at radius 2 is 1.61 bits per heavy atom. The van der Waals surface area contributed by atoms with Gasteiger partial charge in [0, 0.05) is 12.1 Å². The minimum absolute atomic E-state index is 0.179. The molecule has 0 aliphatic carbocycles. The molecule has 120 valence electrons. The van der Waals surface area contributed by atoms with E-state index in [1.807, 2.05) is 60.7 Å². The molecule has 3 nitrogen and oxygen atoms in total. The fraction of sp³-hybridized carbons (Fsp3) is 0.263. The molecule has 0 saturated heterocycles. The van der Waals surface area contributed by atoms with Crippen LogP contribution in [0.5, 0.6) is 0 Å². The molecule has 0 heterocycles. The zero-order valence-electron chi connectivity index (χ0n) is 13.4. The van der Waals surface area contributed by atoms with Gasteiger partial charge >= 0.3 is 6.03 Å². The second kappa shape index (κ2) is 9.06. The zero-order valence-corrected chi connectivity index (χ0v) is 14.2. The summed E-state index contributed by atoms with van der Waals surface area (Å²) in [5, 5.41) is 2.97. The maximum Gasteiger partial charge on any atom is 0.327 e. The van der Waals surface area contributed by atoms with E-state index in [1.54, 1.807) is 4.90 Å². The van der Waals surface area contributed by atoms with Crippen molar-refractivity contribution < 1.29 is 4.79 Å². The van der Waals surface area contributed by atoms with E-state index < -0.39 is 0 Å². The van der Waals surface area contributed by atoms with Gasteiger partial charge in [0.1, 0.15) is 4.99 Å². The molecule has 0 spiro atoms. The van der Waals surface area contributed by atoms with E-state index in [4.69, 9.17) is 12.2 Å². The number of benzene rings is 2. The lowest BCUT2D eigenvalue weighted by Crippen LogP contribution is -2.44. The number of thiocarbonyl (C=S) groups is 1. The fourth-order valence-electron chi connectivity index (χ4n) is 2.26. The maximum atomic E-state index is 12.6. The third-order valence-corrected chi connectivity index (χ3v) is 3.92. The van der Waals surface area contributed by atoms with Gasteiger partial charge in [-0.3, -0.25) is 4.90 Å². The van der Waals surface area contributed by atoms with Crippen LogP contribution in [0.4, 0.5) is 10.5 Å². The van der Waals surface area contributed by atoms with E-state index in [0.717, 1.165) is 30.5 Å². The van der Waals surface area contributed by atoms with Gasteiger partial charge in [-0.2, -0.15) is 0 Å². The third kappa shape index (κ3) is 4.89. The number of amides is 2. The normalized spacial score (nSPS) is 10.1. The average Bonchev–Trinajstić information content (AvgIpc) is 2.60. The zero-order chi connectivity index (χ0) is 16.5. The summed E-state index contributed by atoms with van der Waals surface area (Å²) in [4.78, 5) is 14.7. The molecule has 2 rings (SSSR count). The minimum Gasteiger partial charge on any atom is -0.337 e. The molecule has 2 amide bonds. The molecule has 0 aliphatic heterocycles. The van der Waals surface area contributed by atoms with Gasteiger partial charge in [0.25, 0.3) is 0 Å². The topological polar surface area (TPSA) is 32.3 Å². The van der Waals surface area contributed by atoms with Crippen molar-refractivity contribution in [2.45, 2.75) is 26.2 Å². The number of hydrogen-bond donors (Lipinski definition) is 1. The van der Waals surface area contributed by atoms with E-state index >= 15 is 0 Å². The molecule has 0 fully saturated rings. The Morgan fingerprint density at radius 3 is 2.22 bits per heavy atom. The van der Waals surface area contributed by atoms with Gasteiger partial charge in [-0.1, -0.05) is 80.5 Å². The van der Waals surface area contributed by atoms with Crippen LogP contribution in [-0.2, 0) is 0 Å². The van der Waals surface area contributed by atoms with Crippen LogP contribution in [0.15, 0.2) is 60.7 Å². The number of hydrogen-bond acceptors (Lipinski definition) is 2. The van der Waals surface area contributed by atoms with Crippen molar-refractivity contribution in [1.82, 2.24) is 5.32 Å². The molecule has 0 unspecified atom stereocenters. The van der Waals surface area contributed by atoms with E-state index in [9.17, 15) is 4.79 Å². The van der Waals surface area contributed by atoms with Crippen LogP contribution >= 0.6 is 12.2 Å². The molecular weight excluding hydrogens is 304 g/mol. The number of anilines is 1. The van der Waals surface area contributed by atoms with Crippen molar-refractivity contribution >= 4 is 28.9 Å². The largest absolute Gasteiger partial charge is 0.337 e. The monoisotopic (exact) mass is 326 g/mol. The number of para-hydroxylation sites is 1. The predicted octanol–water partition coefficient (Wildman–Crippen LogP) is 4.77. The smallest absolute Gasteiger partial charge is 0.327 e. The van der Waals surface area contributed by atoms with Crippen LogP contribution in [0.25, 0.3) is 0 Å². The number of carbonyl (C=O) groups excluding carboxylic acids is 1. The Kier molecular flexibility index (Phi) is 6.76. The average molecular weight is 326 g/mol. The van der Waals surface area contributed by atoms with Gasteiger partial charge in [-0.05, 0) is 18.6 Å². The number of unbranched alkanes of at least 4 members (excludes halogenated alkanes) is 2. The van der Waals surface area contributed by atoms with Crippen molar-refractivity contribution in [2.75, 3.05) is 11.4 Å². The van der Waals surface area contributed by atoms with Crippen molar-refractivity contribution in [3.05, 3.63) is 66.2 Å². The van der Waals surface area contributed by atoms with Crippen molar-refractivity contribution in [2.24, 2.45) is 0 Å². The summed E-state index contributed by atoms with van der Waals surface area (Å²) in [5.41, 5.74) is 1.63. The molecule has 0 bridgehead atoms. The molecule has 2 aromatic carbocycles. The molecule has 2 aromatic rings. The highest BCUT2D eigenvalue weighted by molar-refractivity contribution is 7.81. The summed E-state index contributed by atoms with van der Waals surface area (Å²) >= 11 is 5.57. The molecular formula is C19H22N2OS. The minimum atomic E-state index is -0.179. The summed E-state index contributed by atoms with van der Waals surface area (Å²) in [6.45, 7) is 2.80. The lowest BCUT2D eigenvalue weighted by atomic mass is 10.2. The number of rotatable bonds is 6. The lowest BCUT2D eigenvalue weighted by Gasteiger charge is -2.24. The number of urea groups is 1. The Hall–Kier alpha value is -2.20. The Balaban J connectivity index is 2.19. The van der Waals surface area contributed by atoms with Gasteiger partial charge in [0.05, 0.1) is 5.69 Å². The van der Waals surface area contributed by atoms with Crippen LogP contribution in [0, 0.1) is 0 Å². The molecule has 0 radical (unpaired) electrons. The second-order valence-electron chi connectivity index (χ2n) is 5.28. The molecule has 4 heteroatoms. The standard InChI is InChI=1S/C19H22N2OS/c1-2-3-10-15-20-19(22)21(17-13-8-5-9-14-17)18(23)16-11-6-4-7-12-16/h4-9,11-14H,2-3,10,15H2,1H3,(H,20,22).